The molecule has 9 heteroatoms. The van der Waals surface area contributed by atoms with Crippen molar-refractivity contribution in [2.45, 2.75) is 19.3 Å². The molecule has 0 saturated carbocycles. The van der Waals surface area contributed by atoms with Crippen molar-refractivity contribution in [2.75, 3.05) is 38.1 Å². The summed E-state index contributed by atoms with van der Waals surface area (Å²) in [5, 5.41) is 14.2. The second kappa shape index (κ2) is 11.6. The van der Waals surface area contributed by atoms with E-state index in [1.807, 2.05) is 42.5 Å². The second-order valence-electron chi connectivity index (χ2n) is 8.81. The molecule has 192 valence electrons. The van der Waals surface area contributed by atoms with Crippen molar-refractivity contribution in [3.05, 3.63) is 77.9 Å². The van der Waals surface area contributed by atoms with E-state index in [9.17, 15) is 24.3 Å². The molecule has 1 aliphatic rings. The number of carboxylic acid groups (broad SMARTS) is 1. The number of rotatable bonds is 7. The highest BCUT2D eigenvalue weighted by molar-refractivity contribution is 5.98. The maximum Gasteiger partial charge on any atom is 0.409 e. The molecule has 2 N–H and O–H groups in total. The molecule has 0 aliphatic carbocycles. The number of hydrogen-bond acceptors (Lipinski definition) is 5. The first-order valence-corrected chi connectivity index (χ1v) is 12.2. The van der Waals surface area contributed by atoms with Crippen LogP contribution in [-0.2, 0) is 14.3 Å². The van der Waals surface area contributed by atoms with Crippen molar-refractivity contribution in [3.63, 3.8) is 0 Å². The Bertz CT molecular complexity index is 1300. The lowest BCUT2D eigenvalue weighted by molar-refractivity contribution is -0.136. The lowest BCUT2D eigenvalue weighted by Gasteiger charge is -2.36. The molecule has 4 rings (SSSR count). The number of nitrogens with one attached hydrogen (secondary N) is 1. The number of amides is 3. The third-order valence-corrected chi connectivity index (χ3v) is 6.40. The van der Waals surface area contributed by atoms with Crippen molar-refractivity contribution in [1.29, 1.82) is 0 Å². The van der Waals surface area contributed by atoms with Crippen LogP contribution in [0.4, 0.5) is 10.5 Å². The van der Waals surface area contributed by atoms with Crippen LogP contribution in [0, 0.1) is 0 Å². The van der Waals surface area contributed by atoms with Gasteiger partial charge in [-0.25, -0.2) is 9.59 Å². The van der Waals surface area contributed by atoms with E-state index < -0.39 is 18.0 Å². The van der Waals surface area contributed by atoms with E-state index >= 15 is 0 Å². The number of anilines is 1. The van der Waals surface area contributed by atoms with E-state index in [4.69, 9.17) is 4.74 Å². The Morgan fingerprint density at radius 2 is 1.54 bits per heavy atom. The quantitative estimate of drug-likeness (QED) is 0.504. The number of ether oxygens (including phenoxy) is 1. The minimum atomic E-state index is -1.07. The minimum Gasteiger partial charge on any atom is -0.478 e. The zero-order chi connectivity index (χ0) is 26.4. The van der Waals surface area contributed by atoms with Gasteiger partial charge in [0.2, 0.25) is 11.8 Å². The van der Waals surface area contributed by atoms with Crippen molar-refractivity contribution in [3.8, 4) is 0 Å². The largest absolute Gasteiger partial charge is 0.478 e. The van der Waals surface area contributed by atoms with E-state index in [2.05, 4.69) is 5.32 Å². The number of aromatic carboxylic acids is 1. The molecule has 3 amide bonds. The zero-order valence-corrected chi connectivity index (χ0v) is 20.6. The molecule has 37 heavy (non-hydrogen) atoms. The summed E-state index contributed by atoms with van der Waals surface area (Å²) in [5.41, 5.74) is 1.27. The van der Waals surface area contributed by atoms with Gasteiger partial charge in [0.1, 0.15) is 0 Å². The van der Waals surface area contributed by atoms with Gasteiger partial charge in [0.15, 0.2) is 0 Å². The third kappa shape index (κ3) is 6.24. The van der Waals surface area contributed by atoms with Gasteiger partial charge in [0, 0.05) is 38.3 Å². The molecule has 9 nitrogen and oxygen atoms in total. The number of benzene rings is 3. The average Bonchev–Trinajstić information content (AvgIpc) is 2.91. The fourth-order valence-electron chi connectivity index (χ4n) is 4.41. The Balaban J connectivity index is 1.50. The summed E-state index contributed by atoms with van der Waals surface area (Å²) in [7, 11) is 0. The molecule has 0 radical (unpaired) electrons. The van der Waals surface area contributed by atoms with E-state index in [1.165, 1.54) is 12.1 Å². The van der Waals surface area contributed by atoms with Crippen molar-refractivity contribution < 1.29 is 29.0 Å². The normalized spacial score (nSPS) is 14.2. The summed E-state index contributed by atoms with van der Waals surface area (Å²) in [4.78, 5) is 53.1. The van der Waals surface area contributed by atoms with E-state index in [0.29, 0.717) is 37.4 Å². The Hall–Kier alpha value is -4.40. The summed E-state index contributed by atoms with van der Waals surface area (Å²) < 4.78 is 5.04. The molecule has 1 heterocycles. The Morgan fingerprint density at radius 1 is 0.892 bits per heavy atom. The number of hydrogen-bond donors (Lipinski definition) is 2. The molecule has 3 aromatic rings. The van der Waals surface area contributed by atoms with E-state index in [0.717, 1.165) is 10.8 Å². The van der Waals surface area contributed by atoms with Crippen LogP contribution in [0.25, 0.3) is 10.8 Å². The molecular formula is C28H29N3O6. The molecule has 1 fully saturated rings. The Labute approximate surface area is 214 Å². The summed E-state index contributed by atoms with van der Waals surface area (Å²) in [6, 6.07) is 19.4. The van der Waals surface area contributed by atoms with Gasteiger partial charge < -0.3 is 25.0 Å². The molecule has 0 bridgehead atoms. The predicted octanol–water partition coefficient (Wildman–Crippen LogP) is 3.95. The lowest BCUT2D eigenvalue weighted by Crippen LogP contribution is -2.52. The van der Waals surface area contributed by atoms with E-state index in [-0.39, 0.29) is 30.4 Å². The van der Waals surface area contributed by atoms with Crippen molar-refractivity contribution in [2.24, 2.45) is 0 Å². The molecular weight excluding hydrogens is 474 g/mol. The Kier molecular flexibility index (Phi) is 8.02. The van der Waals surface area contributed by atoms with Crippen LogP contribution in [0.3, 0.4) is 0 Å². The highest BCUT2D eigenvalue weighted by Crippen LogP contribution is 2.26. The van der Waals surface area contributed by atoms with Gasteiger partial charge in [-0.2, -0.15) is 0 Å². The van der Waals surface area contributed by atoms with Crippen LogP contribution in [0.5, 0.6) is 0 Å². The SMILES string of the molecule is CCOC(=O)N1CCN(C(=O)C(CC(=O)Nc2ccc3ccccc3c2)c2ccc(C(=O)O)cc2)CC1. The number of nitrogens with zero attached hydrogens (tertiary/aromatic N) is 2. The van der Waals surface area contributed by atoms with Crippen LogP contribution >= 0.6 is 0 Å². The average molecular weight is 504 g/mol. The maximum absolute atomic E-state index is 13.6. The van der Waals surface area contributed by atoms with Gasteiger partial charge in [0.05, 0.1) is 18.1 Å². The van der Waals surface area contributed by atoms with Gasteiger partial charge in [-0.05, 0) is 47.5 Å². The Morgan fingerprint density at radius 3 is 2.19 bits per heavy atom. The molecule has 1 atom stereocenters. The summed E-state index contributed by atoms with van der Waals surface area (Å²) in [5.74, 6) is -2.46. The first-order valence-electron chi connectivity index (χ1n) is 12.2. The predicted molar refractivity (Wildman–Crippen MR) is 139 cm³/mol. The number of carboxylic acids is 1. The summed E-state index contributed by atoms with van der Waals surface area (Å²) in [6.45, 7) is 3.30. The topological polar surface area (TPSA) is 116 Å². The third-order valence-electron chi connectivity index (χ3n) is 6.40. The van der Waals surface area contributed by atoms with Gasteiger partial charge in [0.25, 0.3) is 0 Å². The molecule has 1 unspecified atom stereocenters. The highest BCUT2D eigenvalue weighted by atomic mass is 16.6. The maximum atomic E-state index is 13.6. The monoisotopic (exact) mass is 503 g/mol. The lowest BCUT2D eigenvalue weighted by atomic mass is 9.92. The van der Waals surface area contributed by atoms with Crippen LogP contribution < -0.4 is 5.32 Å². The molecule has 1 saturated heterocycles. The summed E-state index contributed by atoms with van der Waals surface area (Å²) in [6.07, 6.45) is -0.527. The number of piperazine rings is 1. The molecule has 0 aromatic heterocycles. The second-order valence-corrected chi connectivity index (χ2v) is 8.81. The van der Waals surface area contributed by atoms with Gasteiger partial charge >= 0.3 is 12.1 Å². The molecule has 3 aromatic carbocycles. The van der Waals surface area contributed by atoms with Crippen LogP contribution in [-0.4, -0.2) is 71.6 Å². The first-order chi connectivity index (χ1) is 17.9. The molecule has 1 aliphatic heterocycles. The highest BCUT2D eigenvalue weighted by Gasteiger charge is 2.32. The fourth-order valence-corrected chi connectivity index (χ4v) is 4.41. The van der Waals surface area contributed by atoms with Gasteiger partial charge in [-0.3, -0.25) is 9.59 Å². The standard InChI is InChI=1S/C28H29N3O6/c1-2-37-28(36)31-15-13-30(14-16-31)26(33)24(20-7-9-21(10-8-20)27(34)35)18-25(32)29-23-12-11-19-5-3-4-6-22(19)17-23/h3-12,17,24H,2,13-16,18H2,1H3,(H,29,32)(H,34,35). The fraction of sp³-hybridized carbons (Fsp3) is 0.286. The van der Waals surface area contributed by atoms with Crippen molar-refractivity contribution in [1.82, 2.24) is 9.80 Å². The number of carbonyl (C=O) groups excluding carboxylic acids is 3. The van der Waals surface area contributed by atoms with Crippen LogP contribution in [0.1, 0.15) is 35.2 Å². The summed E-state index contributed by atoms with van der Waals surface area (Å²) >= 11 is 0. The van der Waals surface area contributed by atoms with Gasteiger partial charge in [-0.15, -0.1) is 0 Å². The minimum absolute atomic E-state index is 0.0959. The van der Waals surface area contributed by atoms with Crippen LogP contribution in [0.15, 0.2) is 66.7 Å². The van der Waals surface area contributed by atoms with Gasteiger partial charge in [-0.1, -0.05) is 42.5 Å². The van der Waals surface area contributed by atoms with Crippen molar-refractivity contribution >= 4 is 40.3 Å². The van der Waals surface area contributed by atoms with Crippen LogP contribution in [0.2, 0.25) is 0 Å². The number of fused-ring (bicyclic) bond motifs is 1. The number of carbonyl (C=O) groups is 4. The smallest absolute Gasteiger partial charge is 0.409 e. The van der Waals surface area contributed by atoms with E-state index in [1.54, 1.807) is 28.9 Å². The first kappa shape index (κ1) is 25.7. The molecule has 0 spiro atoms. The zero-order valence-electron chi connectivity index (χ0n) is 20.6.